The molecule has 1 aromatic carbocycles. The van der Waals surface area contributed by atoms with Crippen molar-refractivity contribution >= 4 is 0 Å². The normalized spacial score (nSPS) is 17.1. The van der Waals surface area contributed by atoms with Gasteiger partial charge in [0, 0.05) is 5.92 Å². The number of hydrogen-bond acceptors (Lipinski definition) is 4. The van der Waals surface area contributed by atoms with E-state index in [0.29, 0.717) is 11.8 Å². The van der Waals surface area contributed by atoms with E-state index in [9.17, 15) is 0 Å². The first-order valence-corrected chi connectivity index (χ1v) is 6.96. The molecule has 100 valence electrons. The molecular weight excluding hydrogens is 238 g/mol. The van der Waals surface area contributed by atoms with Crippen LogP contribution in [-0.4, -0.2) is 10.1 Å². The Morgan fingerprint density at radius 1 is 1.26 bits per heavy atom. The SMILES string of the molecule is NC(CCc1ccccc1)c1nc(C2CCC2)no1. The lowest BCUT2D eigenvalue weighted by Crippen LogP contribution is -2.13. The van der Waals surface area contributed by atoms with Gasteiger partial charge in [-0.25, -0.2) is 0 Å². The molecule has 1 fully saturated rings. The van der Waals surface area contributed by atoms with E-state index in [1.165, 1.54) is 24.8 Å². The van der Waals surface area contributed by atoms with Gasteiger partial charge in [-0.15, -0.1) is 0 Å². The summed E-state index contributed by atoms with van der Waals surface area (Å²) >= 11 is 0. The van der Waals surface area contributed by atoms with Gasteiger partial charge in [0.05, 0.1) is 6.04 Å². The van der Waals surface area contributed by atoms with Crippen LogP contribution in [0.25, 0.3) is 0 Å². The van der Waals surface area contributed by atoms with Crippen molar-refractivity contribution in [2.24, 2.45) is 5.73 Å². The van der Waals surface area contributed by atoms with E-state index in [2.05, 4.69) is 22.3 Å². The highest BCUT2D eigenvalue weighted by atomic mass is 16.5. The largest absolute Gasteiger partial charge is 0.338 e. The maximum absolute atomic E-state index is 6.12. The van der Waals surface area contributed by atoms with Gasteiger partial charge in [-0.1, -0.05) is 41.9 Å². The van der Waals surface area contributed by atoms with Crippen LogP contribution in [0, 0.1) is 0 Å². The number of aryl methyl sites for hydroxylation is 1. The summed E-state index contributed by atoms with van der Waals surface area (Å²) in [5, 5.41) is 4.05. The number of rotatable bonds is 5. The van der Waals surface area contributed by atoms with Gasteiger partial charge in [0.25, 0.3) is 0 Å². The molecule has 2 aromatic rings. The van der Waals surface area contributed by atoms with Gasteiger partial charge in [-0.05, 0) is 31.2 Å². The smallest absolute Gasteiger partial charge is 0.243 e. The predicted octanol–water partition coefficient (Wildman–Crippen LogP) is 2.97. The minimum atomic E-state index is -0.165. The van der Waals surface area contributed by atoms with E-state index in [1.54, 1.807) is 0 Å². The van der Waals surface area contributed by atoms with Crippen molar-refractivity contribution in [3.8, 4) is 0 Å². The summed E-state index contributed by atoms with van der Waals surface area (Å²) in [6.07, 6.45) is 5.39. The Kier molecular flexibility index (Phi) is 3.60. The highest BCUT2D eigenvalue weighted by molar-refractivity contribution is 5.15. The average Bonchev–Trinajstić information content (AvgIpc) is 2.84. The fraction of sp³-hybridized carbons (Fsp3) is 0.467. The lowest BCUT2D eigenvalue weighted by molar-refractivity contribution is 0.331. The van der Waals surface area contributed by atoms with Gasteiger partial charge in [0.15, 0.2) is 5.82 Å². The molecule has 4 nitrogen and oxygen atoms in total. The molecule has 1 aromatic heterocycles. The predicted molar refractivity (Wildman–Crippen MR) is 72.6 cm³/mol. The third-order valence-corrected chi connectivity index (χ3v) is 3.83. The molecule has 1 atom stereocenters. The van der Waals surface area contributed by atoms with Crippen LogP contribution >= 0.6 is 0 Å². The molecule has 1 aliphatic carbocycles. The lowest BCUT2D eigenvalue weighted by Gasteiger charge is -2.21. The standard InChI is InChI=1S/C15H19N3O/c16-13(10-9-11-5-2-1-3-6-11)15-17-14(18-19-15)12-7-4-8-12/h1-3,5-6,12-13H,4,7-10,16H2. The molecule has 19 heavy (non-hydrogen) atoms. The highest BCUT2D eigenvalue weighted by Gasteiger charge is 2.25. The fourth-order valence-corrected chi connectivity index (χ4v) is 2.32. The van der Waals surface area contributed by atoms with E-state index in [0.717, 1.165) is 18.7 Å². The van der Waals surface area contributed by atoms with E-state index in [-0.39, 0.29) is 6.04 Å². The molecule has 0 spiro atoms. The van der Waals surface area contributed by atoms with Crippen molar-refractivity contribution < 1.29 is 4.52 Å². The second-order valence-electron chi connectivity index (χ2n) is 5.25. The van der Waals surface area contributed by atoms with Gasteiger partial charge in [0.1, 0.15) is 0 Å². The van der Waals surface area contributed by atoms with Crippen LogP contribution in [-0.2, 0) is 6.42 Å². The molecule has 1 aliphatic rings. The van der Waals surface area contributed by atoms with Crippen LogP contribution < -0.4 is 5.73 Å². The molecule has 4 heteroatoms. The van der Waals surface area contributed by atoms with Gasteiger partial charge in [0.2, 0.25) is 5.89 Å². The van der Waals surface area contributed by atoms with Crippen molar-refractivity contribution in [2.45, 2.75) is 44.1 Å². The summed E-state index contributed by atoms with van der Waals surface area (Å²) < 4.78 is 5.29. The van der Waals surface area contributed by atoms with E-state index < -0.39 is 0 Å². The molecule has 0 aliphatic heterocycles. The first-order chi connectivity index (χ1) is 9.33. The Bertz CT molecular complexity index is 519. The monoisotopic (exact) mass is 257 g/mol. The zero-order valence-electron chi connectivity index (χ0n) is 11.0. The number of aromatic nitrogens is 2. The Morgan fingerprint density at radius 3 is 2.74 bits per heavy atom. The van der Waals surface area contributed by atoms with Gasteiger partial charge < -0.3 is 10.3 Å². The summed E-state index contributed by atoms with van der Waals surface area (Å²) in [6, 6.07) is 10.2. The minimum absolute atomic E-state index is 0.165. The summed E-state index contributed by atoms with van der Waals surface area (Å²) in [6.45, 7) is 0. The quantitative estimate of drug-likeness (QED) is 0.894. The molecule has 2 N–H and O–H groups in total. The Balaban J connectivity index is 1.57. The van der Waals surface area contributed by atoms with Crippen molar-refractivity contribution in [3.63, 3.8) is 0 Å². The Hall–Kier alpha value is -1.68. The van der Waals surface area contributed by atoms with E-state index in [1.807, 2.05) is 18.2 Å². The molecule has 1 heterocycles. The number of benzene rings is 1. The molecule has 1 unspecified atom stereocenters. The maximum atomic E-state index is 6.12. The number of hydrogen-bond donors (Lipinski definition) is 1. The maximum Gasteiger partial charge on any atom is 0.243 e. The Labute approximate surface area is 113 Å². The van der Waals surface area contributed by atoms with E-state index in [4.69, 9.17) is 10.3 Å². The zero-order chi connectivity index (χ0) is 13.1. The summed E-state index contributed by atoms with van der Waals surface area (Å²) in [5.41, 5.74) is 7.41. The molecule has 0 saturated heterocycles. The minimum Gasteiger partial charge on any atom is -0.338 e. The summed E-state index contributed by atoms with van der Waals surface area (Å²) in [4.78, 5) is 4.44. The number of nitrogens with zero attached hydrogens (tertiary/aromatic N) is 2. The fourth-order valence-electron chi connectivity index (χ4n) is 2.32. The van der Waals surface area contributed by atoms with Crippen molar-refractivity contribution in [1.29, 1.82) is 0 Å². The molecule has 0 amide bonds. The molecular formula is C15H19N3O. The summed E-state index contributed by atoms with van der Waals surface area (Å²) in [5.74, 6) is 1.92. The topological polar surface area (TPSA) is 64.9 Å². The first-order valence-electron chi connectivity index (χ1n) is 6.96. The highest BCUT2D eigenvalue weighted by Crippen LogP contribution is 2.34. The molecule has 3 rings (SSSR count). The third kappa shape index (κ3) is 2.84. The van der Waals surface area contributed by atoms with Crippen LogP contribution in [0.5, 0.6) is 0 Å². The van der Waals surface area contributed by atoms with Crippen LogP contribution in [0.3, 0.4) is 0 Å². The zero-order valence-corrected chi connectivity index (χ0v) is 11.0. The summed E-state index contributed by atoms with van der Waals surface area (Å²) in [7, 11) is 0. The number of nitrogens with two attached hydrogens (primary N) is 1. The van der Waals surface area contributed by atoms with Crippen molar-refractivity contribution in [1.82, 2.24) is 10.1 Å². The Morgan fingerprint density at radius 2 is 2.05 bits per heavy atom. The second kappa shape index (κ2) is 5.53. The third-order valence-electron chi connectivity index (χ3n) is 3.83. The van der Waals surface area contributed by atoms with Crippen LogP contribution in [0.4, 0.5) is 0 Å². The molecule has 0 bridgehead atoms. The van der Waals surface area contributed by atoms with Crippen LogP contribution in [0.15, 0.2) is 34.9 Å². The molecule has 0 radical (unpaired) electrons. The second-order valence-corrected chi connectivity index (χ2v) is 5.25. The van der Waals surface area contributed by atoms with Gasteiger partial charge in [-0.2, -0.15) is 4.98 Å². The average molecular weight is 257 g/mol. The van der Waals surface area contributed by atoms with Crippen molar-refractivity contribution in [3.05, 3.63) is 47.6 Å². The van der Waals surface area contributed by atoms with Crippen LogP contribution in [0.1, 0.15) is 54.9 Å². The van der Waals surface area contributed by atoms with Gasteiger partial charge in [-0.3, -0.25) is 0 Å². The van der Waals surface area contributed by atoms with E-state index >= 15 is 0 Å². The van der Waals surface area contributed by atoms with Gasteiger partial charge >= 0.3 is 0 Å². The first kappa shape index (κ1) is 12.4. The van der Waals surface area contributed by atoms with Crippen molar-refractivity contribution in [2.75, 3.05) is 0 Å². The van der Waals surface area contributed by atoms with Crippen LogP contribution in [0.2, 0.25) is 0 Å². The lowest BCUT2D eigenvalue weighted by atomic mass is 9.85. The molecule has 1 saturated carbocycles.